The number of amides is 3. The highest BCUT2D eigenvalue weighted by Crippen LogP contribution is 2.35. The summed E-state index contributed by atoms with van der Waals surface area (Å²) < 4.78 is 5.95. The molecule has 0 spiro atoms. The Morgan fingerprint density at radius 1 is 1.41 bits per heavy atom. The summed E-state index contributed by atoms with van der Waals surface area (Å²) in [5.74, 6) is 1.28. The summed E-state index contributed by atoms with van der Waals surface area (Å²) in [6, 6.07) is 6.35. The minimum absolute atomic E-state index is 0.151. The molecule has 9 nitrogen and oxygen atoms in total. The molecule has 32 heavy (non-hydrogen) atoms. The molecule has 168 valence electrons. The Morgan fingerprint density at radius 2 is 2.19 bits per heavy atom. The summed E-state index contributed by atoms with van der Waals surface area (Å²) in [4.78, 5) is 39.1. The number of hydrogen-bond acceptors (Lipinski definition) is 7. The molecular weight excluding hydrogens is 408 g/mol. The minimum Gasteiger partial charge on any atom is -0.455 e. The highest BCUT2D eigenvalue weighted by atomic mass is 16.5. The van der Waals surface area contributed by atoms with Gasteiger partial charge in [0.1, 0.15) is 17.3 Å². The van der Waals surface area contributed by atoms with Crippen LogP contribution in [0.15, 0.2) is 41.7 Å². The summed E-state index contributed by atoms with van der Waals surface area (Å²) in [5.41, 5.74) is 7.04. The van der Waals surface area contributed by atoms with E-state index in [2.05, 4.69) is 20.3 Å². The van der Waals surface area contributed by atoms with E-state index in [0.29, 0.717) is 53.7 Å². The Kier molecular flexibility index (Phi) is 6.87. The van der Waals surface area contributed by atoms with Gasteiger partial charge in [0.2, 0.25) is 5.91 Å². The molecule has 9 heteroatoms. The van der Waals surface area contributed by atoms with E-state index in [1.807, 2.05) is 13.8 Å². The number of anilines is 1. The number of ether oxygens (including phenoxy) is 1. The third kappa shape index (κ3) is 4.77. The summed E-state index contributed by atoms with van der Waals surface area (Å²) >= 11 is 0. The number of hydrogen-bond donors (Lipinski definition) is 2. The van der Waals surface area contributed by atoms with Gasteiger partial charge in [-0.2, -0.15) is 0 Å². The lowest BCUT2D eigenvalue weighted by atomic mass is 9.86. The van der Waals surface area contributed by atoms with Gasteiger partial charge < -0.3 is 10.5 Å². The van der Waals surface area contributed by atoms with Gasteiger partial charge in [0, 0.05) is 49.3 Å². The molecule has 1 aliphatic heterocycles. The molecule has 2 aromatic heterocycles. The second-order valence-electron chi connectivity index (χ2n) is 7.82. The van der Waals surface area contributed by atoms with E-state index in [1.165, 1.54) is 11.1 Å². The number of carbonyl (C=O) groups excluding carboxylic acids is 2. The average Bonchev–Trinajstić information content (AvgIpc) is 3.09. The number of rotatable bonds is 6. The number of nitrogens with two attached hydrogens (primary N) is 1. The monoisotopic (exact) mass is 436 g/mol. The number of pyridine rings is 2. The van der Waals surface area contributed by atoms with E-state index < -0.39 is 11.4 Å². The number of nitrogens with zero attached hydrogens (tertiary/aromatic N) is 4. The molecule has 3 N–H and O–H groups in total. The SMILES string of the molecule is CCC1(C)CCN(C(=O)Nc2ccc(Oc3ccnc(C(C=NC)=CN)c3)c(C)n2)C1=O. The second-order valence-corrected chi connectivity index (χ2v) is 7.82. The molecule has 1 aliphatic rings. The molecule has 0 bridgehead atoms. The molecule has 1 atom stereocenters. The van der Waals surface area contributed by atoms with E-state index >= 15 is 0 Å². The number of imide groups is 1. The number of likely N-dealkylation sites (tertiary alicyclic amines) is 1. The van der Waals surface area contributed by atoms with Crippen molar-refractivity contribution in [3.8, 4) is 11.5 Å². The molecule has 1 unspecified atom stereocenters. The van der Waals surface area contributed by atoms with Crippen molar-refractivity contribution in [1.29, 1.82) is 0 Å². The fourth-order valence-corrected chi connectivity index (χ4v) is 3.41. The summed E-state index contributed by atoms with van der Waals surface area (Å²) in [6.45, 7) is 6.03. The topological polar surface area (TPSA) is 123 Å². The molecule has 2 aromatic rings. The van der Waals surface area contributed by atoms with Crippen molar-refractivity contribution in [1.82, 2.24) is 14.9 Å². The normalized spacial score (nSPS) is 18.9. The van der Waals surface area contributed by atoms with Crippen LogP contribution in [0, 0.1) is 12.3 Å². The van der Waals surface area contributed by atoms with Crippen molar-refractivity contribution in [3.05, 3.63) is 48.1 Å². The van der Waals surface area contributed by atoms with Gasteiger partial charge in [-0.1, -0.05) is 13.8 Å². The van der Waals surface area contributed by atoms with Crippen LogP contribution in [-0.2, 0) is 4.79 Å². The molecule has 3 rings (SSSR count). The van der Waals surface area contributed by atoms with Crippen LogP contribution in [0.1, 0.15) is 38.1 Å². The Bertz CT molecular complexity index is 1080. The molecule has 0 aromatic carbocycles. The molecule has 1 fully saturated rings. The van der Waals surface area contributed by atoms with Gasteiger partial charge in [0.05, 0.1) is 11.4 Å². The molecule has 3 heterocycles. The number of aliphatic imine (C=N–C) groups is 1. The fraction of sp³-hybridized carbons (Fsp3) is 0.348. The third-order valence-electron chi connectivity index (χ3n) is 5.65. The lowest BCUT2D eigenvalue weighted by Gasteiger charge is -2.21. The van der Waals surface area contributed by atoms with Gasteiger partial charge in [0.15, 0.2) is 0 Å². The van der Waals surface area contributed by atoms with Gasteiger partial charge in [-0.25, -0.2) is 9.78 Å². The van der Waals surface area contributed by atoms with E-state index in [4.69, 9.17) is 10.5 Å². The van der Waals surface area contributed by atoms with Crippen LogP contribution in [-0.4, -0.2) is 46.6 Å². The van der Waals surface area contributed by atoms with Crippen molar-refractivity contribution < 1.29 is 14.3 Å². The van der Waals surface area contributed by atoms with Crippen LogP contribution < -0.4 is 15.8 Å². The van der Waals surface area contributed by atoms with Gasteiger partial charge in [-0.15, -0.1) is 0 Å². The lowest BCUT2D eigenvalue weighted by Crippen LogP contribution is -2.39. The molecule has 1 saturated heterocycles. The first-order chi connectivity index (χ1) is 15.3. The summed E-state index contributed by atoms with van der Waals surface area (Å²) in [6.07, 6.45) is 6.02. The van der Waals surface area contributed by atoms with E-state index in [9.17, 15) is 9.59 Å². The average molecular weight is 437 g/mol. The van der Waals surface area contributed by atoms with Gasteiger partial charge in [-0.05, 0) is 38.0 Å². The Labute approximate surface area is 187 Å². The molecule has 0 aliphatic carbocycles. The van der Waals surface area contributed by atoms with E-state index in [0.717, 1.165) is 0 Å². The highest BCUT2D eigenvalue weighted by Gasteiger charge is 2.43. The summed E-state index contributed by atoms with van der Waals surface area (Å²) in [7, 11) is 1.65. The smallest absolute Gasteiger partial charge is 0.329 e. The molecule has 0 saturated carbocycles. The maximum atomic E-state index is 12.6. The van der Waals surface area contributed by atoms with E-state index in [1.54, 1.807) is 50.6 Å². The third-order valence-corrected chi connectivity index (χ3v) is 5.65. The van der Waals surface area contributed by atoms with Crippen LogP contribution in [0.25, 0.3) is 5.57 Å². The zero-order chi connectivity index (χ0) is 23.3. The number of aryl methyl sites for hydroxylation is 1. The van der Waals surface area contributed by atoms with E-state index in [-0.39, 0.29) is 5.91 Å². The number of carbonyl (C=O) groups is 2. The van der Waals surface area contributed by atoms with Crippen molar-refractivity contribution in [2.45, 2.75) is 33.6 Å². The van der Waals surface area contributed by atoms with Crippen LogP contribution in [0.5, 0.6) is 11.5 Å². The Balaban J connectivity index is 1.71. The van der Waals surface area contributed by atoms with Crippen LogP contribution in [0.2, 0.25) is 0 Å². The van der Waals surface area contributed by atoms with Crippen molar-refractivity contribution >= 4 is 29.5 Å². The Hall–Kier alpha value is -3.75. The van der Waals surface area contributed by atoms with Crippen LogP contribution >= 0.6 is 0 Å². The predicted octanol–water partition coefficient (Wildman–Crippen LogP) is 3.76. The fourth-order valence-electron chi connectivity index (χ4n) is 3.41. The predicted molar refractivity (Wildman–Crippen MR) is 124 cm³/mol. The molecule has 0 radical (unpaired) electrons. The van der Waals surface area contributed by atoms with Crippen LogP contribution in [0.3, 0.4) is 0 Å². The van der Waals surface area contributed by atoms with Gasteiger partial charge >= 0.3 is 6.03 Å². The molecule has 3 amide bonds. The Morgan fingerprint density at radius 3 is 2.81 bits per heavy atom. The first-order valence-electron chi connectivity index (χ1n) is 10.4. The van der Waals surface area contributed by atoms with Crippen molar-refractivity contribution in [2.24, 2.45) is 16.1 Å². The quantitative estimate of drug-likeness (QED) is 0.665. The standard InChI is InChI=1S/C23H28N6O3/c1-5-23(3)9-11-29(21(23)30)22(31)28-20-7-6-19(15(2)27-20)32-17-8-10-26-18(12-17)16(13-24)14-25-4/h6-8,10,12-14H,5,9,11,24H2,1-4H3,(H,27,28,31). The largest absolute Gasteiger partial charge is 0.455 e. The second kappa shape index (κ2) is 9.59. The first kappa shape index (κ1) is 22.9. The van der Waals surface area contributed by atoms with Gasteiger partial charge in [-0.3, -0.25) is 25.0 Å². The van der Waals surface area contributed by atoms with Crippen LogP contribution in [0.4, 0.5) is 10.6 Å². The number of aromatic nitrogens is 2. The van der Waals surface area contributed by atoms with Crippen molar-refractivity contribution in [3.63, 3.8) is 0 Å². The minimum atomic E-state index is -0.482. The summed E-state index contributed by atoms with van der Waals surface area (Å²) in [5, 5.41) is 2.71. The van der Waals surface area contributed by atoms with Gasteiger partial charge in [0.25, 0.3) is 0 Å². The highest BCUT2D eigenvalue weighted by molar-refractivity contribution is 6.08. The number of nitrogens with one attached hydrogen (secondary N) is 1. The number of allylic oxidation sites excluding steroid dienone is 1. The first-order valence-corrected chi connectivity index (χ1v) is 10.4. The number of urea groups is 1. The molecular formula is C23H28N6O3. The zero-order valence-electron chi connectivity index (χ0n) is 18.8. The maximum Gasteiger partial charge on any atom is 0.329 e. The zero-order valence-corrected chi connectivity index (χ0v) is 18.8. The maximum absolute atomic E-state index is 12.6. The van der Waals surface area contributed by atoms with Crippen molar-refractivity contribution in [2.75, 3.05) is 18.9 Å². The lowest BCUT2D eigenvalue weighted by molar-refractivity contribution is -0.132.